The summed E-state index contributed by atoms with van der Waals surface area (Å²) < 4.78 is 16.6. The normalized spacial score (nSPS) is 12.7. The molecule has 0 heterocycles. The van der Waals surface area contributed by atoms with E-state index in [2.05, 4.69) is 81.5 Å². The van der Waals surface area contributed by atoms with Crippen molar-refractivity contribution < 1.29 is 28.6 Å². The fraction of sp³-hybridized carbons (Fsp3) is 0.717. The second-order valence-electron chi connectivity index (χ2n) is 16.0. The Bertz CT molecular complexity index is 1130. The topological polar surface area (TPSA) is 78.9 Å². The number of carbonyl (C=O) groups excluding carboxylic acids is 3. The fourth-order valence-electron chi connectivity index (χ4n) is 6.57. The zero-order valence-electron chi connectivity index (χ0n) is 38.5. The van der Waals surface area contributed by atoms with Crippen molar-refractivity contribution in [3.8, 4) is 0 Å². The van der Waals surface area contributed by atoms with E-state index in [9.17, 15) is 14.4 Å². The molecule has 1 unspecified atom stereocenters. The summed E-state index contributed by atoms with van der Waals surface area (Å²) in [7, 11) is 0. The molecule has 0 aromatic heterocycles. The van der Waals surface area contributed by atoms with Crippen molar-refractivity contribution in [3.05, 3.63) is 72.9 Å². The molecule has 0 radical (unpaired) electrons. The highest BCUT2D eigenvalue weighted by atomic mass is 16.6. The molecule has 0 spiro atoms. The van der Waals surface area contributed by atoms with Gasteiger partial charge in [-0.1, -0.05) is 209 Å². The van der Waals surface area contributed by atoms with Crippen LogP contribution in [0.3, 0.4) is 0 Å². The molecule has 0 fully saturated rings. The molecule has 0 N–H and O–H groups in total. The van der Waals surface area contributed by atoms with Crippen LogP contribution in [0.4, 0.5) is 0 Å². The van der Waals surface area contributed by atoms with Gasteiger partial charge in [0.2, 0.25) is 0 Å². The second-order valence-corrected chi connectivity index (χ2v) is 16.0. The number of carbonyl (C=O) groups is 3. The lowest BCUT2D eigenvalue weighted by atomic mass is 10.1. The second kappa shape index (κ2) is 47.5. The Labute approximate surface area is 363 Å². The first-order chi connectivity index (χ1) is 29.0. The minimum atomic E-state index is -0.827. The van der Waals surface area contributed by atoms with Gasteiger partial charge in [-0.2, -0.15) is 0 Å². The highest BCUT2D eigenvalue weighted by Crippen LogP contribution is 2.13. The fourth-order valence-corrected chi connectivity index (χ4v) is 6.57. The molecule has 1 atom stereocenters. The summed E-state index contributed by atoms with van der Waals surface area (Å²) >= 11 is 0. The third-order valence-electron chi connectivity index (χ3n) is 10.2. The van der Waals surface area contributed by atoms with Crippen molar-refractivity contribution in [2.75, 3.05) is 13.2 Å². The van der Waals surface area contributed by atoms with Gasteiger partial charge in [0.25, 0.3) is 0 Å². The first-order valence-electron chi connectivity index (χ1n) is 24.4. The number of hydrogen-bond donors (Lipinski definition) is 0. The zero-order chi connectivity index (χ0) is 43.0. The first-order valence-corrected chi connectivity index (χ1v) is 24.4. The van der Waals surface area contributed by atoms with Gasteiger partial charge >= 0.3 is 17.9 Å². The van der Waals surface area contributed by atoms with Gasteiger partial charge in [-0.05, 0) is 70.6 Å². The molecule has 0 saturated heterocycles. The number of esters is 3. The molecule has 0 saturated carbocycles. The van der Waals surface area contributed by atoms with Gasteiger partial charge in [-0.25, -0.2) is 0 Å². The molecule has 0 aromatic carbocycles. The van der Waals surface area contributed by atoms with E-state index in [0.29, 0.717) is 12.8 Å². The van der Waals surface area contributed by atoms with Crippen molar-refractivity contribution >= 4 is 17.9 Å². The largest absolute Gasteiger partial charge is 0.462 e. The summed E-state index contributed by atoms with van der Waals surface area (Å²) in [5, 5.41) is 0. The first kappa shape index (κ1) is 55.9. The van der Waals surface area contributed by atoms with Gasteiger partial charge in [-0.15, -0.1) is 0 Å². The lowest BCUT2D eigenvalue weighted by molar-refractivity contribution is -0.166. The van der Waals surface area contributed by atoms with Crippen molar-refractivity contribution in [1.82, 2.24) is 0 Å². The van der Waals surface area contributed by atoms with Crippen LogP contribution in [0.2, 0.25) is 0 Å². The van der Waals surface area contributed by atoms with Crippen LogP contribution in [0.1, 0.15) is 226 Å². The van der Waals surface area contributed by atoms with Gasteiger partial charge in [0.05, 0.1) is 6.42 Å². The number of hydrogen-bond acceptors (Lipinski definition) is 6. The SMILES string of the molecule is CC/C=C\C/C=C\C/C=C\C/C=C\C/C=C\CC(=O)OC(COC(=O)CCCCCCCCCC)COC(=O)CCCCCCCCC/C=C\CCCCCCCCC. The lowest BCUT2D eigenvalue weighted by Gasteiger charge is -2.18. The molecule has 0 aliphatic carbocycles. The monoisotopic (exact) mass is 823 g/mol. The summed E-state index contributed by atoms with van der Waals surface area (Å²) in [5.41, 5.74) is 0. The predicted octanol–water partition coefficient (Wildman–Crippen LogP) is 15.9. The number of rotatable bonds is 43. The highest BCUT2D eigenvalue weighted by Gasteiger charge is 2.19. The van der Waals surface area contributed by atoms with E-state index < -0.39 is 12.1 Å². The third kappa shape index (κ3) is 45.8. The Morgan fingerprint density at radius 3 is 1.10 bits per heavy atom. The molecular weight excluding hydrogens is 733 g/mol. The van der Waals surface area contributed by atoms with E-state index >= 15 is 0 Å². The highest BCUT2D eigenvalue weighted by molar-refractivity contribution is 5.72. The van der Waals surface area contributed by atoms with E-state index in [-0.39, 0.29) is 31.6 Å². The summed E-state index contributed by atoms with van der Waals surface area (Å²) in [5.74, 6) is -1.06. The Morgan fingerprint density at radius 2 is 0.712 bits per heavy atom. The number of ether oxygens (including phenoxy) is 3. The van der Waals surface area contributed by atoms with E-state index in [0.717, 1.165) is 70.6 Å². The summed E-state index contributed by atoms with van der Waals surface area (Å²) in [6.07, 6.45) is 59.2. The summed E-state index contributed by atoms with van der Waals surface area (Å²) in [6, 6.07) is 0. The molecule has 6 heteroatoms. The van der Waals surface area contributed by atoms with E-state index in [1.807, 2.05) is 6.08 Å². The van der Waals surface area contributed by atoms with Crippen molar-refractivity contribution in [3.63, 3.8) is 0 Å². The quantitative estimate of drug-likeness (QED) is 0.0264. The number of allylic oxidation sites excluding steroid dienone is 11. The maximum absolute atomic E-state index is 12.7. The van der Waals surface area contributed by atoms with Crippen LogP contribution in [0.5, 0.6) is 0 Å². The molecule has 59 heavy (non-hydrogen) atoms. The Balaban J connectivity index is 4.42. The van der Waals surface area contributed by atoms with Crippen molar-refractivity contribution in [1.29, 1.82) is 0 Å². The van der Waals surface area contributed by atoms with E-state index in [1.165, 1.54) is 116 Å². The molecule has 0 aliphatic rings. The standard InChI is InChI=1S/C53H90O6/c1-4-7-10-13-16-19-21-23-25-26-27-29-30-32-34-37-40-43-46-52(55)58-49-50(48-57-51(54)45-42-39-36-18-15-12-9-6-3)59-53(56)47-44-41-38-35-33-31-28-24-22-20-17-14-11-8-5-2/h8,11,17,20,24-26,28,33,35,41,44,50H,4-7,9-10,12-16,18-19,21-23,27,29-32,34,36-40,42-43,45-49H2,1-3H3/b11-8-,20-17-,26-25-,28-24-,35-33-,44-41-. The van der Waals surface area contributed by atoms with Crippen LogP contribution in [-0.2, 0) is 28.6 Å². The van der Waals surface area contributed by atoms with Crippen molar-refractivity contribution in [2.24, 2.45) is 0 Å². The minimum Gasteiger partial charge on any atom is -0.462 e. The average molecular weight is 823 g/mol. The molecule has 6 nitrogen and oxygen atoms in total. The minimum absolute atomic E-state index is 0.0974. The van der Waals surface area contributed by atoms with E-state index in [1.54, 1.807) is 6.08 Å². The van der Waals surface area contributed by atoms with Crippen LogP contribution in [0.25, 0.3) is 0 Å². The Kier molecular flexibility index (Phi) is 45.0. The van der Waals surface area contributed by atoms with Gasteiger partial charge in [0.15, 0.2) is 6.10 Å². The van der Waals surface area contributed by atoms with Crippen LogP contribution in [0, 0.1) is 0 Å². The van der Waals surface area contributed by atoms with Crippen LogP contribution in [-0.4, -0.2) is 37.2 Å². The smallest absolute Gasteiger partial charge is 0.310 e. The van der Waals surface area contributed by atoms with Gasteiger partial charge < -0.3 is 14.2 Å². The molecule has 0 bridgehead atoms. The Hall–Kier alpha value is -3.15. The maximum Gasteiger partial charge on any atom is 0.310 e. The average Bonchev–Trinajstić information content (AvgIpc) is 3.23. The van der Waals surface area contributed by atoms with Gasteiger partial charge in [-0.3, -0.25) is 14.4 Å². The predicted molar refractivity (Wildman–Crippen MR) is 251 cm³/mol. The maximum atomic E-state index is 12.7. The molecule has 0 aliphatic heterocycles. The van der Waals surface area contributed by atoms with Crippen LogP contribution < -0.4 is 0 Å². The third-order valence-corrected chi connectivity index (χ3v) is 10.2. The van der Waals surface area contributed by atoms with E-state index in [4.69, 9.17) is 14.2 Å². The van der Waals surface area contributed by atoms with Crippen LogP contribution >= 0.6 is 0 Å². The van der Waals surface area contributed by atoms with Gasteiger partial charge in [0.1, 0.15) is 13.2 Å². The van der Waals surface area contributed by atoms with Gasteiger partial charge in [0, 0.05) is 12.8 Å². The summed E-state index contributed by atoms with van der Waals surface area (Å²) in [4.78, 5) is 37.7. The zero-order valence-corrected chi connectivity index (χ0v) is 38.5. The molecule has 0 amide bonds. The summed E-state index contributed by atoms with van der Waals surface area (Å²) in [6.45, 7) is 6.40. The molecule has 0 rings (SSSR count). The molecule has 338 valence electrons. The van der Waals surface area contributed by atoms with Crippen molar-refractivity contribution in [2.45, 2.75) is 232 Å². The Morgan fingerprint density at radius 1 is 0.373 bits per heavy atom. The number of unbranched alkanes of at least 4 members (excludes halogenated alkanes) is 21. The molecule has 0 aromatic rings. The van der Waals surface area contributed by atoms with Crippen LogP contribution in [0.15, 0.2) is 72.9 Å². The lowest BCUT2D eigenvalue weighted by Crippen LogP contribution is -2.30. The molecular formula is C53H90O6.